The Morgan fingerprint density at radius 3 is 2.53 bits per heavy atom. The molecule has 0 saturated carbocycles. The highest BCUT2D eigenvalue weighted by atomic mass is 16.5. The number of hydrogen-bond acceptors (Lipinski definition) is 3. The summed E-state index contributed by atoms with van der Waals surface area (Å²) in [7, 11) is 3.61. The Morgan fingerprint density at radius 2 is 2.05 bits per heavy atom. The number of carbonyl (C=O) groups is 1. The van der Waals surface area contributed by atoms with Crippen molar-refractivity contribution in [3.05, 3.63) is 29.3 Å². The number of carboxylic acids is 1. The van der Waals surface area contributed by atoms with Crippen molar-refractivity contribution in [2.45, 2.75) is 26.8 Å². The van der Waals surface area contributed by atoms with Crippen LogP contribution in [0.2, 0.25) is 0 Å². The molecule has 1 aromatic carbocycles. The van der Waals surface area contributed by atoms with Gasteiger partial charge in [-0.15, -0.1) is 0 Å². The van der Waals surface area contributed by atoms with E-state index in [-0.39, 0.29) is 12.0 Å². The van der Waals surface area contributed by atoms with E-state index in [9.17, 15) is 4.79 Å². The zero-order valence-corrected chi connectivity index (χ0v) is 12.3. The summed E-state index contributed by atoms with van der Waals surface area (Å²) in [4.78, 5) is 12.9. The number of ether oxygens (including phenoxy) is 1. The van der Waals surface area contributed by atoms with E-state index in [1.807, 2.05) is 26.1 Å². The Balaban J connectivity index is 2.79. The Kier molecular flexibility index (Phi) is 5.36. The van der Waals surface area contributed by atoms with Crippen LogP contribution in [-0.2, 0) is 4.79 Å². The Morgan fingerprint density at radius 1 is 1.42 bits per heavy atom. The van der Waals surface area contributed by atoms with Gasteiger partial charge in [-0.1, -0.05) is 19.1 Å². The Bertz CT molecular complexity index is 445. The van der Waals surface area contributed by atoms with Crippen LogP contribution in [0.5, 0.6) is 5.75 Å². The molecule has 1 N–H and O–H groups in total. The van der Waals surface area contributed by atoms with Crippen LogP contribution in [0.4, 0.5) is 0 Å². The molecule has 106 valence electrons. The smallest absolute Gasteiger partial charge is 0.307 e. The van der Waals surface area contributed by atoms with E-state index in [1.54, 1.807) is 14.0 Å². The van der Waals surface area contributed by atoms with E-state index < -0.39 is 5.97 Å². The fourth-order valence-corrected chi connectivity index (χ4v) is 2.08. The second-order valence-corrected chi connectivity index (χ2v) is 5.08. The maximum Gasteiger partial charge on any atom is 0.307 e. The van der Waals surface area contributed by atoms with Gasteiger partial charge in [-0.05, 0) is 38.1 Å². The third kappa shape index (κ3) is 3.96. The first kappa shape index (κ1) is 15.5. The number of carboxylic acid groups (broad SMARTS) is 1. The van der Waals surface area contributed by atoms with Crippen LogP contribution in [0.3, 0.4) is 0 Å². The van der Waals surface area contributed by atoms with Gasteiger partial charge < -0.3 is 9.84 Å². The number of hydrogen-bond donors (Lipinski definition) is 1. The van der Waals surface area contributed by atoms with Crippen molar-refractivity contribution in [3.8, 4) is 5.75 Å². The third-order valence-electron chi connectivity index (χ3n) is 3.55. The second-order valence-electron chi connectivity index (χ2n) is 5.08. The zero-order valence-electron chi connectivity index (χ0n) is 12.3. The van der Waals surface area contributed by atoms with Crippen molar-refractivity contribution in [2.75, 3.05) is 20.7 Å². The van der Waals surface area contributed by atoms with Gasteiger partial charge >= 0.3 is 5.97 Å². The van der Waals surface area contributed by atoms with Crippen molar-refractivity contribution < 1.29 is 14.6 Å². The van der Waals surface area contributed by atoms with Crippen molar-refractivity contribution in [3.63, 3.8) is 0 Å². The summed E-state index contributed by atoms with van der Waals surface area (Å²) >= 11 is 0. The van der Waals surface area contributed by atoms with Gasteiger partial charge in [0.25, 0.3) is 0 Å². The first-order valence-corrected chi connectivity index (χ1v) is 6.44. The molecule has 4 heteroatoms. The van der Waals surface area contributed by atoms with Crippen LogP contribution in [-0.4, -0.2) is 36.7 Å². The number of methoxy groups -OCH3 is 1. The SMILES string of the molecule is COc1ccc(C(C)N(C)CC(C)C(=O)O)cc1C. The maximum atomic E-state index is 10.9. The molecule has 0 aliphatic carbocycles. The van der Waals surface area contributed by atoms with Gasteiger partial charge in [-0.25, -0.2) is 0 Å². The largest absolute Gasteiger partial charge is 0.496 e. The normalized spacial score (nSPS) is 14.2. The summed E-state index contributed by atoms with van der Waals surface area (Å²) in [5.74, 6) is -0.255. The predicted octanol–water partition coefficient (Wildman–Crippen LogP) is 2.72. The van der Waals surface area contributed by atoms with Crippen LogP contribution in [0, 0.1) is 12.8 Å². The van der Waals surface area contributed by atoms with Gasteiger partial charge in [0.05, 0.1) is 13.0 Å². The molecule has 19 heavy (non-hydrogen) atoms. The van der Waals surface area contributed by atoms with E-state index in [2.05, 4.69) is 17.9 Å². The zero-order chi connectivity index (χ0) is 14.6. The average molecular weight is 265 g/mol. The minimum atomic E-state index is -0.759. The van der Waals surface area contributed by atoms with Crippen molar-refractivity contribution >= 4 is 5.97 Å². The van der Waals surface area contributed by atoms with E-state index in [0.717, 1.165) is 11.3 Å². The average Bonchev–Trinajstić information content (AvgIpc) is 2.37. The van der Waals surface area contributed by atoms with Crippen LogP contribution < -0.4 is 4.74 Å². The lowest BCUT2D eigenvalue weighted by molar-refractivity contribution is -0.141. The summed E-state index contributed by atoms with van der Waals surface area (Å²) in [5, 5.41) is 8.95. The first-order valence-electron chi connectivity index (χ1n) is 6.44. The summed E-state index contributed by atoms with van der Waals surface area (Å²) in [6.07, 6.45) is 0. The van der Waals surface area contributed by atoms with Gasteiger partial charge in [0.15, 0.2) is 0 Å². The number of rotatable bonds is 6. The van der Waals surface area contributed by atoms with Gasteiger partial charge in [-0.2, -0.15) is 0 Å². The number of benzene rings is 1. The van der Waals surface area contributed by atoms with E-state index in [1.165, 1.54) is 5.56 Å². The fraction of sp³-hybridized carbons (Fsp3) is 0.533. The molecule has 0 amide bonds. The fourth-order valence-electron chi connectivity index (χ4n) is 2.08. The second kappa shape index (κ2) is 6.57. The molecule has 2 atom stereocenters. The predicted molar refractivity (Wildman–Crippen MR) is 75.6 cm³/mol. The minimum Gasteiger partial charge on any atom is -0.496 e. The van der Waals surface area contributed by atoms with Crippen molar-refractivity contribution in [2.24, 2.45) is 5.92 Å². The summed E-state index contributed by atoms with van der Waals surface area (Å²) < 4.78 is 5.24. The van der Waals surface area contributed by atoms with Crippen molar-refractivity contribution in [1.82, 2.24) is 4.90 Å². The van der Waals surface area contributed by atoms with Gasteiger partial charge in [-0.3, -0.25) is 9.69 Å². The van der Waals surface area contributed by atoms with E-state index >= 15 is 0 Å². The van der Waals surface area contributed by atoms with Crippen molar-refractivity contribution in [1.29, 1.82) is 0 Å². The molecule has 0 fully saturated rings. The molecular formula is C15H23NO3. The molecule has 0 radical (unpaired) electrons. The highest BCUT2D eigenvalue weighted by Crippen LogP contribution is 2.25. The quantitative estimate of drug-likeness (QED) is 0.859. The molecule has 0 heterocycles. The molecule has 0 spiro atoms. The molecule has 4 nitrogen and oxygen atoms in total. The molecule has 0 aromatic heterocycles. The topological polar surface area (TPSA) is 49.8 Å². The maximum absolute atomic E-state index is 10.9. The number of aliphatic carboxylic acids is 1. The highest BCUT2D eigenvalue weighted by molar-refractivity contribution is 5.69. The lowest BCUT2D eigenvalue weighted by Gasteiger charge is -2.27. The Labute approximate surface area is 115 Å². The Hall–Kier alpha value is -1.55. The lowest BCUT2D eigenvalue weighted by Crippen LogP contribution is -2.30. The lowest BCUT2D eigenvalue weighted by atomic mass is 10.0. The van der Waals surface area contributed by atoms with E-state index in [0.29, 0.717) is 6.54 Å². The van der Waals surface area contributed by atoms with Crippen LogP contribution >= 0.6 is 0 Å². The standard InChI is InChI=1S/C15H23NO3/c1-10-8-13(6-7-14(10)19-5)12(3)16(4)9-11(2)15(17)18/h6-8,11-12H,9H2,1-5H3,(H,17,18). The molecule has 0 aliphatic heterocycles. The van der Waals surface area contributed by atoms with E-state index in [4.69, 9.17) is 9.84 Å². The number of nitrogens with zero attached hydrogens (tertiary/aromatic N) is 1. The molecule has 0 saturated heterocycles. The van der Waals surface area contributed by atoms with Gasteiger partial charge in [0, 0.05) is 12.6 Å². The minimum absolute atomic E-state index is 0.173. The van der Waals surface area contributed by atoms with Gasteiger partial charge in [0.2, 0.25) is 0 Å². The van der Waals surface area contributed by atoms with Crippen LogP contribution in [0.25, 0.3) is 0 Å². The summed E-state index contributed by atoms with van der Waals surface area (Å²) in [5.41, 5.74) is 2.25. The summed E-state index contributed by atoms with van der Waals surface area (Å²) in [6, 6.07) is 6.24. The van der Waals surface area contributed by atoms with Gasteiger partial charge in [0.1, 0.15) is 5.75 Å². The van der Waals surface area contributed by atoms with Crippen LogP contribution in [0.15, 0.2) is 18.2 Å². The third-order valence-corrected chi connectivity index (χ3v) is 3.55. The molecule has 1 aromatic rings. The summed E-state index contributed by atoms with van der Waals surface area (Å²) in [6.45, 7) is 6.34. The highest BCUT2D eigenvalue weighted by Gasteiger charge is 2.18. The van der Waals surface area contributed by atoms with Crippen LogP contribution in [0.1, 0.15) is 31.0 Å². The monoisotopic (exact) mass is 265 g/mol. The molecular weight excluding hydrogens is 242 g/mol. The molecule has 2 unspecified atom stereocenters. The molecule has 0 aliphatic rings. The molecule has 0 bridgehead atoms. The molecule has 1 rings (SSSR count). The first-order chi connectivity index (χ1) is 8.86. The number of aryl methyl sites for hydroxylation is 1.